The Morgan fingerprint density at radius 2 is 1.75 bits per heavy atom. The molecule has 0 aliphatic carbocycles. The first-order valence-electron chi connectivity index (χ1n) is 6.76. The van der Waals surface area contributed by atoms with Gasteiger partial charge in [-0.3, -0.25) is 4.90 Å². The van der Waals surface area contributed by atoms with Crippen LogP contribution in [0.3, 0.4) is 0 Å². The second kappa shape index (κ2) is 7.20. The van der Waals surface area contributed by atoms with E-state index in [0.717, 1.165) is 6.54 Å². The Morgan fingerprint density at radius 1 is 1.15 bits per heavy atom. The number of benzene rings is 1. The molecule has 1 aromatic rings. The molecule has 0 unspecified atom stereocenters. The lowest BCUT2D eigenvalue weighted by Crippen LogP contribution is -2.40. The highest BCUT2D eigenvalue weighted by Gasteiger charge is 2.15. The number of nitrogens with one attached hydrogen (secondary N) is 1. The van der Waals surface area contributed by atoms with Crippen molar-refractivity contribution in [1.82, 2.24) is 4.90 Å². The maximum absolute atomic E-state index is 13.7. The minimum absolute atomic E-state index is 0.0916. The number of hydrogen-bond acceptors (Lipinski definition) is 3. The molecule has 0 amide bonds. The van der Waals surface area contributed by atoms with Crippen molar-refractivity contribution in [2.75, 3.05) is 18.4 Å². The number of anilines is 1. The van der Waals surface area contributed by atoms with Gasteiger partial charge >= 0.3 is 0 Å². The van der Waals surface area contributed by atoms with Gasteiger partial charge in [0.05, 0.1) is 11.3 Å². The van der Waals surface area contributed by atoms with Gasteiger partial charge in [-0.2, -0.15) is 5.26 Å². The molecule has 0 aliphatic heterocycles. The molecule has 0 spiro atoms. The summed E-state index contributed by atoms with van der Waals surface area (Å²) in [5, 5.41) is 11.5. The van der Waals surface area contributed by atoms with E-state index in [1.807, 2.05) is 0 Å². The highest BCUT2D eigenvalue weighted by atomic mass is 19.2. The standard InChI is InChI=1S/C15H21F2N3/c1-10(2)20(11(3)4)8-7-19-13-6-5-12(9-18)14(16)15(13)17/h5-6,10-11,19H,7-8H2,1-4H3. The molecular formula is C15H21F2N3. The van der Waals surface area contributed by atoms with Crippen LogP contribution in [0.2, 0.25) is 0 Å². The normalized spacial score (nSPS) is 11.2. The van der Waals surface area contributed by atoms with E-state index in [9.17, 15) is 8.78 Å². The van der Waals surface area contributed by atoms with Gasteiger partial charge in [-0.1, -0.05) is 0 Å². The van der Waals surface area contributed by atoms with Gasteiger partial charge in [-0.25, -0.2) is 8.78 Å². The molecule has 0 aliphatic rings. The molecule has 0 saturated heterocycles. The molecule has 110 valence electrons. The van der Waals surface area contributed by atoms with E-state index >= 15 is 0 Å². The van der Waals surface area contributed by atoms with E-state index in [4.69, 9.17) is 5.26 Å². The average Bonchev–Trinajstić information content (AvgIpc) is 2.38. The van der Waals surface area contributed by atoms with Crippen molar-refractivity contribution < 1.29 is 8.78 Å². The predicted molar refractivity (Wildman–Crippen MR) is 76.5 cm³/mol. The van der Waals surface area contributed by atoms with Crippen molar-refractivity contribution in [1.29, 1.82) is 5.26 Å². The van der Waals surface area contributed by atoms with Crippen LogP contribution in [-0.4, -0.2) is 30.1 Å². The van der Waals surface area contributed by atoms with E-state index in [1.165, 1.54) is 12.1 Å². The Kier molecular flexibility index (Phi) is 5.90. The summed E-state index contributed by atoms with van der Waals surface area (Å²) in [7, 11) is 0. The minimum atomic E-state index is -1.10. The maximum Gasteiger partial charge on any atom is 0.183 e. The van der Waals surface area contributed by atoms with Crippen LogP contribution in [0.25, 0.3) is 0 Å². The van der Waals surface area contributed by atoms with Crippen molar-refractivity contribution >= 4 is 5.69 Å². The van der Waals surface area contributed by atoms with E-state index in [-0.39, 0.29) is 11.3 Å². The molecule has 1 rings (SSSR count). The molecule has 1 N–H and O–H groups in total. The lowest BCUT2D eigenvalue weighted by atomic mass is 10.2. The second-order valence-electron chi connectivity index (χ2n) is 5.25. The SMILES string of the molecule is CC(C)N(CCNc1ccc(C#N)c(F)c1F)C(C)C. The third-order valence-corrected chi connectivity index (χ3v) is 3.21. The van der Waals surface area contributed by atoms with E-state index in [1.54, 1.807) is 6.07 Å². The zero-order valence-corrected chi connectivity index (χ0v) is 12.4. The lowest BCUT2D eigenvalue weighted by Gasteiger charge is -2.30. The monoisotopic (exact) mass is 281 g/mol. The van der Waals surface area contributed by atoms with Gasteiger partial charge in [0.1, 0.15) is 6.07 Å². The van der Waals surface area contributed by atoms with E-state index < -0.39 is 11.6 Å². The van der Waals surface area contributed by atoms with Gasteiger partial charge in [-0.15, -0.1) is 0 Å². The smallest absolute Gasteiger partial charge is 0.183 e. The van der Waals surface area contributed by atoms with Crippen molar-refractivity contribution in [2.24, 2.45) is 0 Å². The van der Waals surface area contributed by atoms with Gasteiger partial charge in [0.15, 0.2) is 11.6 Å². The Bertz CT molecular complexity index is 485. The minimum Gasteiger partial charge on any atom is -0.381 e. The van der Waals surface area contributed by atoms with Crippen molar-refractivity contribution in [3.8, 4) is 6.07 Å². The fraction of sp³-hybridized carbons (Fsp3) is 0.533. The van der Waals surface area contributed by atoms with Crippen LogP contribution in [0.1, 0.15) is 33.3 Å². The Balaban J connectivity index is 2.68. The molecule has 5 heteroatoms. The molecule has 0 bridgehead atoms. The summed E-state index contributed by atoms with van der Waals surface area (Å²) in [5.74, 6) is -2.09. The topological polar surface area (TPSA) is 39.1 Å². The summed E-state index contributed by atoms with van der Waals surface area (Å²) in [6, 6.07) is 5.07. The zero-order valence-electron chi connectivity index (χ0n) is 12.4. The highest BCUT2D eigenvalue weighted by Crippen LogP contribution is 2.20. The second-order valence-corrected chi connectivity index (χ2v) is 5.25. The number of nitrogens with zero attached hydrogens (tertiary/aromatic N) is 2. The third-order valence-electron chi connectivity index (χ3n) is 3.21. The first-order valence-corrected chi connectivity index (χ1v) is 6.76. The lowest BCUT2D eigenvalue weighted by molar-refractivity contribution is 0.182. The molecule has 1 aromatic carbocycles. The summed E-state index contributed by atoms with van der Waals surface area (Å²) in [5.41, 5.74) is -0.187. The quantitative estimate of drug-likeness (QED) is 0.869. The summed E-state index contributed by atoms with van der Waals surface area (Å²) in [4.78, 5) is 2.25. The van der Waals surface area contributed by atoms with Gasteiger partial charge in [0.2, 0.25) is 0 Å². The summed E-state index contributed by atoms with van der Waals surface area (Å²) >= 11 is 0. The summed E-state index contributed by atoms with van der Waals surface area (Å²) in [6.07, 6.45) is 0. The maximum atomic E-state index is 13.7. The van der Waals surface area contributed by atoms with Crippen molar-refractivity contribution in [3.05, 3.63) is 29.3 Å². The Labute approximate surface area is 119 Å². The number of nitriles is 1. The largest absolute Gasteiger partial charge is 0.381 e. The summed E-state index contributed by atoms with van der Waals surface area (Å²) in [6.45, 7) is 9.64. The Hall–Kier alpha value is -1.67. The molecule has 0 atom stereocenters. The van der Waals surface area contributed by atoms with E-state index in [2.05, 4.69) is 37.9 Å². The number of halogens is 2. The molecule has 0 saturated carbocycles. The fourth-order valence-electron chi connectivity index (χ4n) is 2.20. The van der Waals surface area contributed by atoms with Crippen LogP contribution in [-0.2, 0) is 0 Å². The molecule has 0 heterocycles. The van der Waals surface area contributed by atoms with Crippen LogP contribution >= 0.6 is 0 Å². The third kappa shape index (κ3) is 3.91. The van der Waals surface area contributed by atoms with Crippen molar-refractivity contribution in [2.45, 2.75) is 39.8 Å². The molecule has 0 fully saturated rings. The van der Waals surface area contributed by atoms with Gasteiger partial charge in [-0.05, 0) is 39.8 Å². The van der Waals surface area contributed by atoms with Crippen LogP contribution < -0.4 is 5.32 Å². The van der Waals surface area contributed by atoms with Gasteiger partial charge in [0.25, 0.3) is 0 Å². The van der Waals surface area contributed by atoms with Gasteiger partial charge < -0.3 is 5.32 Å². The zero-order chi connectivity index (χ0) is 15.3. The summed E-state index contributed by atoms with van der Waals surface area (Å²) < 4.78 is 27.1. The fourth-order valence-corrected chi connectivity index (χ4v) is 2.20. The molecule has 0 aromatic heterocycles. The van der Waals surface area contributed by atoms with Crippen LogP contribution in [0.5, 0.6) is 0 Å². The molecular weight excluding hydrogens is 260 g/mol. The van der Waals surface area contributed by atoms with Gasteiger partial charge in [0, 0.05) is 25.2 Å². The Morgan fingerprint density at radius 3 is 2.25 bits per heavy atom. The predicted octanol–water partition coefficient (Wildman–Crippen LogP) is 3.37. The highest BCUT2D eigenvalue weighted by molar-refractivity contribution is 5.49. The van der Waals surface area contributed by atoms with Crippen LogP contribution in [0.4, 0.5) is 14.5 Å². The van der Waals surface area contributed by atoms with Crippen LogP contribution in [0, 0.1) is 23.0 Å². The van der Waals surface area contributed by atoms with Crippen molar-refractivity contribution in [3.63, 3.8) is 0 Å². The van der Waals surface area contributed by atoms with E-state index in [0.29, 0.717) is 18.6 Å². The molecule has 20 heavy (non-hydrogen) atoms. The first-order chi connectivity index (χ1) is 9.38. The number of rotatable bonds is 6. The molecule has 0 radical (unpaired) electrons. The average molecular weight is 281 g/mol. The molecule has 3 nitrogen and oxygen atoms in total. The van der Waals surface area contributed by atoms with Crippen LogP contribution in [0.15, 0.2) is 12.1 Å². The first kappa shape index (κ1) is 16.4. The number of hydrogen-bond donors (Lipinski definition) is 1.